The summed E-state index contributed by atoms with van der Waals surface area (Å²) in [5.41, 5.74) is 0.266. The molecule has 0 atom stereocenters. The van der Waals surface area contributed by atoms with Crippen molar-refractivity contribution < 1.29 is 0 Å². The second-order valence-electron chi connectivity index (χ2n) is 2.47. The van der Waals surface area contributed by atoms with Crippen LogP contribution < -0.4 is 4.98 Å². The van der Waals surface area contributed by atoms with E-state index in [9.17, 15) is 0 Å². The van der Waals surface area contributed by atoms with Gasteiger partial charge in [-0.05, 0) is 20.8 Å². The number of hydrogen-bond donors (Lipinski definition) is 1. The van der Waals surface area contributed by atoms with Crippen LogP contribution >= 0.6 is 15.3 Å². The van der Waals surface area contributed by atoms with Gasteiger partial charge in [0, 0.05) is 5.54 Å². The molecule has 2 radical (unpaired) electrons. The Bertz CT molecular complexity index is 50.1. The zero-order valence-corrected chi connectivity index (χ0v) is 7.46. The van der Waals surface area contributed by atoms with Gasteiger partial charge >= 0.3 is 0 Å². The van der Waals surface area contributed by atoms with E-state index in [-0.39, 0.29) is 5.54 Å². The Morgan fingerprint density at radius 1 is 1.43 bits per heavy atom. The molecule has 0 saturated heterocycles. The minimum Gasteiger partial charge on any atom is -0.325 e. The molecule has 0 bridgehead atoms. The van der Waals surface area contributed by atoms with Crippen molar-refractivity contribution in [1.82, 2.24) is 4.98 Å². The van der Waals surface area contributed by atoms with E-state index >= 15 is 0 Å². The normalized spacial score (nSPS) is 12.0. The van der Waals surface area contributed by atoms with E-state index in [1.807, 2.05) is 0 Å². The molecule has 0 spiro atoms. The molecular weight excluding hydrogens is 170 g/mol. The summed E-state index contributed by atoms with van der Waals surface area (Å²) in [5.74, 6) is 0. The lowest BCUT2D eigenvalue weighted by Gasteiger charge is -2.17. The molecule has 3 heteroatoms. The summed E-state index contributed by atoms with van der Waals surface area (Å²) in [5, 5.41) is 0. The smallest absolute Gasteiger partial charge is 0.235 e. The standard InChI is InChI=1S/C4H10BrNSi/c1-4(2,3)6-7-5/h6H,1-3H3. The van der Waals surface area contributed by atoms with Crippen LogP contribution in [0, 0.1) is 0 Å². The highest BCUT2D eigenvalue weighted by atomic mass is 79.9. The van der Waals surface area contributed by atoms with Gasteiger partial charge in [-0.3, -0.25) is 0 Å². The van der Waals surface area contributed by atoms with Crippen molar-refractivity contribution in [2.45, 2.75) is 26.3 Å². The van der Waals surface area contributed by atoms with Crippen LogP contribution in [0.1, 0.15) is 20.8 Å². The number of halogens is 1. The van der Waals surface area contributed by atoms with Crippen molar-refractivity contribution >= 4 is 23.6 Å². The predicted octanol–water partition coefficient (Wildman–Crippen LogP) is 1.30. The van der Waals surface area contributed by atoms with Gasteiger partial charge in [-0.15, -0.1) is 15.3 Å². The molecule has 1 N–H and O–H groups in total. The second kappa shape index (κ2) is 2.84. The van der Waals surface area contributed by atoms with Crippen molar-refractivity contribution in [3.05, 3.63) is 0 Å². The monoisotopic (exact) mass is 179 g/mol. The first-order valence-electron chi connectivity index (χ1n) is 2.19. The maximum atomic E-state index is 3.30. The Labute approximate surface area is 55.4 Å². The Kier molecular flexibility index (Phi) is 3.11. The van der Waals surface area contributed by atoms with E-state index < -0.39 is 0 Å². The molecule has 0 heterocycles. The minimum atomic E-state index is 0.266. The Hall–Kier alpha value is 0.657. The van der Waals surface area contributed by atoms with Gasteiger partial charge in [0.05, 0.1) is 0 Å². The average molecular weight is 180 g/mol. The van der Waals surface area contributed by atoms with Gasteiger partial charge in [0.25, 0.3) is 0 Å². The van der Waals surface area contributed by atoms with E-state index in [1.165, 1.54) is 0 Å². The highest BCUT2D eigenvalue weighted by Gasteiger charge is 2.05. The molecule has 0 saturated carbocycles. The van der Waals surface area contributed by atoms with Gasteiger partial charge in [-0.2, -0.15) is 0 Å². The van der Waals surface area contributed by atoms with E-state index in [0.717, 1.165) is 0 Å². The summed E-state index contributed by atoms with van der Waals surface area (Å²) in [6.45, 7) is 6.42. The highest BCUT2D eigenvalue weighted by molar-refractivity contribution is 9.23. The fraction of sp³-hybridized carbons (Fsp3) is 1.00. The molecule has 0 rings (SSSR count). The maximum absolute atomic E-state index is 3.30. The van der Waals surface area contributed by atoms with Crippen LogP contribution in [0.4, 0.5) is 0 Å². The molecule has 42 valence electrons. The first-order valence-corrected chi connectivity index (χ1v) is 5.45. The van der Waals surface area contributed by atoms with Crippen molar-refractivity contribution in [3.8, 4) is 0 Å². The Balaban J connectivity index is 3.15. The summed E-state index contributed by atoms with van der Waals surface area (Å²) >= 11 is 3.30. The quantitative estimate of drug-likeness (QED) is 0.473. The number of nitrogens with one attached hydrogen (secondary N) is 1. The van der Waals surface area contributed by atoms with Gasteiger partial charge in [0.15, 0.2) is 0 Å². The molecule has 0 aromatic rings. The van der Waals surface area contributed by atoms with Crippen LogP contribution in [0.5, 0.6) is 0 Å². The molecule has 0 aromatic carbocycles. The highest BCUT2D eigenvalue weighted by Crippen LogP contribution is 1.96. The first kappa shape index (κ1) is 7.66. The van der Waals surface area contributed by atoms with E-state index in [0.29, 0.717) is 8.30 Å². The van der Waals surface area contributed by atoms with Crippen molar-refractivity contribution in [2.75, 3.05) is 0 Å². The lowest BCUT2D eigenvalue weighted by atomic mass is 10.1. The van der Waals surface area contributed by atoms with Crippen molar-refractivity contribution in [2.24, 2.45) is 0 Å². The Morgan fingerprint density at radius 2 is 1.86 bits per heavy atom. The van der Waals surface area contributed by atoms with Crippen LogP contribution in [0.3, 0.4) is 0 Å². The topological polar surface area (TPSA) is 12.0 Å². The zero-order chi connectivity index (χ0) is 5.91. The molecule has 0 aromatic heterocycles. The predicted molar refractivity (Wildman–Crippen MR) is 37.6 cm³/mol. The van der Waals surface area contributed by atoms with E-state index in [4.69, 9.17) is 0 Å². The van der Waals surface area contributed by atoms with E-state index in [2.05, 4.69) is 41.0 Å². The minimum absolute atomic E-state index is 0.266. The van der Waals surface area contributed by atoms with Gasteiger partial charge in [0.2, 0.25) is 8.30 Å². The maximum Gasteiger partial charge on any atom is 0.235 e. The summed E-state index contributed by atoms with van der Waals surface area (Å²) in [4.78, 5) is 3.23. The molecule has 0 amide bonds. The molecule has 0 fully saturated rings. The third kappa shape index (κ3) is 6.66. The first-order chi connectivity index (χ1) is 3.06. The van der Waals surface area contributed by atoms with Crippen molar-refractivity contribution in [1.29, 1.82) is 0 Å². The van der Waals surface area contributed by atoms with Crippen LogP contribution in [0.15, 0.2) is 0 Å². The van der Waals surface area contributed by atoms with Crippen LogP contribution in [0.25, 0.3) is 0 Å². The summed E-state index contributed by atoms with van der Waals surface area (Å²) in [6, 6.07) is 0. The van der Waals surface area contributed by atoms with Gasteiger partial charge < -0.3 is 4.98 Å². The largest absolute Gasteiger partial charge is 0.325 e. The number of hydrogen-bond acceptors (Lipinski definition) is 1. The lowest BCUT2D eigenvalue weighted by molar-refractivity contribution is 0.527. The van der Waals surface area contributed by atoms with Crippen LogP contribution in [-0.2, 0) is 0 Å². The molecule has 0 aliphatic rings. The number of rotatable bonds is 1. The molecular formula is C4H10BrNSi. The molecule has 0 aliphatic carbocycles. The van der Waals surface area contributed by atoms with Gasteiger partial charge in [-0.25, -0.2) is 0 Å². The van der Waals surface area contributed by atoms with Gasteiger partial charge in [-0.1, -0.05) is 0 Å². The summed E-state index contributed by atoms with van der Waals surface area (Å²) in [7, 11) is 0.672. The molecule has 0 aliphatic heterocycles. The van der Waals surface area contributed by atoms with Crippen LogP contribution in [0.2, 0.25) is 0 Å². The van der Waals surface area contributed by atoms with Gasteiger partial charge in [0.1, 0.15) is 0 Å². The van der Waals surface area contributed by atoms with Crippen molar-refractivity contribution in [3.63, 3.8) is 0 Å². The molecule has 0 unspecified atom stereocenters. The Morgan fingerprint density at radius 3 is 1.86 bits per heavy atom. The fourth-order valence-electron chi connectivity index (χ4n) is 0.142. The fourth-order valence-corrected chi connectivity index (χ4v) is 2.21. The third-order valence-corrected chi connectivity index (χ3v) is 1.86. The lowest BCUT2D eigenvalue weighted by Crippen LogP contribution is -2.36. The zero-order valence-electron chi connectivity index (χ0n) is 4.88. The summed E-state index contributed by atoms with van der Waals surface area (Å²) < 4.78 is 0. The second-order valence-corrected chi connectivity index (χ2v) is 4.10. The molecule has 7 heavy (non-hydrogen) atoms. The van der Waals surface area contributed by atoms with Crippen LogP contribution in [-0.4, -0.2) is 13.8 Å². The SMILES string of the molecule is CC(C)(C)N[Si]Br. The average Bonchev–Trinajstić information content (AvgIpc) is 1.30. The third-order valence-electron chi connectivity index (χ3n) is 0.422. The van der Waals surface area contributed by atoms with E-state index in [1.54, 1.807) is 0 Å². The summed E-state index contributed by atoms with van der Waals surface area (Å²) in [6.07, 6.45) is 0. The molecule has 1 nitrogen and oxygen atoms in total.